The summed E-state index contributed by atoms with van der Waals surface area (Å²) in [5.74, 6) is -0.0653. The first-order valence-corrected chi connectivity index (χ1v) is 6.85. The number of halogens is 1. The predicted molar refractivity (Wildman–Crippen MR) is 76.6 cm³/mol. The molecule has 2 rings (SSSR count). The molecule has 1 saturated heterocycles. The third-order valence-corrected chi connectivity index (χ3v) is 3.61. The van der Waals surface area contributed by atoms with E-state index >= 15 is 0 Å². The van der Waals surface area contributed by atoms with Crippen molar-refractivity contribution in [2.45, 2.75) is 32.4 Å². The van der Waals surface area contributed by atoms with Gasteiger partial charge in [0.15, 0.2) is 0 Å². The summed E-state index contributed by atoms with van der Waals surface area (Å²) in [6, 6.07) is 5.71. The zero-order valence-corrected chi connectivity index (χ0v) is 12.0. The van der Waals surface area contributed by atoms with Gasteiger partial charge >= 0.3 is 0 Å². The van der Waals surface area contributed by atoms with Gasteiger partial charge in [0.1, 0.15) is 0 Å². The Bertz CT molecular complexity index is 465. The molecule has 4 nitrogen and oxygen atoms in total. The molecule has 0 bridgehead atoms. The molecule has 1 aliphatic rings. The monoisotopic (exact) mass is 282 g/mol. The minimum atomic E-state index is -0.0653. The van der Waals surface area contributed by atoms with Crippen LogP contribution < -0.4 is 10.6 Å². The fraction of sp³-hybridized carbons (Fsp3) is 0.500. The zero-order valence-electron chi connectivity index (χ0n) is 11.2. The van der Waals surface area contributed by atoms with Gasteiger partial charge in [-0.05, 0) is 38.0 Å². The van der Waals surface area contributed by atoms with Crippen molar-refractivity contribution in [1.82, 2.24) is 5.32 Å². The van der Waals surface area contributed by atoms with E-state index in [1.165, 1.54) is 0 Å². The molecule has 2 N–H and O–H groups in total. The van der Waals surface area contributed by atoms with E-state index in [1.807, 2.05) is 26.0 Å². The van der Waals surface area contributed by atoms with E-state index in [-0.39, 0.29) is 24.6 Å². The van der Waals surface area contributed by atoms with E-state index in [0.29, 0.717) is 5.02 Å². The van der Waals surface area contributed by atoms with E-state index in [1.54, 1.807) is 6.07 Å². The van der Waals surface area contributed by atoms with Crippen molar-refractivity contribution in [3.05, 3.63) is 28.8 Å². The standard InChI is InChI=1S/C14H19ClN2O2/c1-9-3-4-11(15)7-13(9)17-14(18)8-16-12-5-6-19-10(12)2/h3-4,7,10,12,16H,5-6,8H2,1-2H3,(H,17,18). The lowest BCUT2D eigenvalue weighted by molar-refractivity contribution is -0.115. The third-order valence-electron chi connectivity index (χ3n) is 3.37. The van der Waals surface area contributed by atoms with Gasteiger partial charge in [-0.15, -0.1) is 0 Å². The quantitative estimate of drug-likeness (QED) is 0.891. The van der Waals surface area contributed by atoms with E-state index in [2.05, 4.69) is 10.6 Å². The number of benzene rings is 1. The van der Waals surface area contributed by atoms with Crippen molar-refractivity contribution in [3.63, 3.8) is 0 Å². The number of aryl methyl sites for hydroxylation is 1. The average molecular weight is 283 g/mol. The number of carbonyl (C=O) groups excluding carboxylic acids is 1. The number of hydrogen-bond acceptors (Lipinski definition) is 3. The Balaban J connectivity index is 1.85. The van der Waals surface area contributed by atoms with Crippen LogP contribution in [0, 0.1) is 6.92 Å². The third kappa shape index (κ3) is 3.93. The number of hydrogen-bond donors (Lipinski definition) is 2. The maximum Gasteiger partial charge on any atom is 0.238 e. The van der Waals surface area contributed by atoms with Crippen molar-refractivity contribution in [3.8, 4) is 0 Å². The van der Waals surface area contributed by atoms with E-state index in [4.69, 9.17) is 16.3 Å². The van der Waals surface area contributed by atoms with Crippen LogP contribution in [0.3, 0.4) is 0 Å². The van der Waals surface area contributed by atoms with Gasteiger partial charge in [-0.1, -0.05) is 17.7 Å². The van der Waals surface area contributed by atoms with E-state index in [0.717, 1.165) is 24.3 Å². The van der Waals surface area contributed by atoms with Crippen LogP contribution in [0.25, 0.3) is 0 Å². The lowest BCUT2D eigenvalue weighted by Crippen LogP contribution is -2.39. The lowest BCUT2D eigenvalue weighted by atomic mass is 10.1. The van der Waals surface area contributed by atoms with Crippen LogP contribution in [0.2, 0.25) is 5.02 Å². The molecule has 0 spiro atoms. The van der Waals surface area contributed by atoms with Crippen LogP contribution in [0.5, 0.6) is 0 Å². The topological polar surface area (TPSA) is 50.4 Å². The Kier molecular flexibility index (Phi) is 4.80. The number of amides is 1. The molecule has 2 atom stereocenters. The van der Waals surface area contributed by atoms with Gasteiger partial charge < -0.3 is 15.4 Å². The van der Waals surface area contributed by atoms with Gasteiger partial charge in [0.05, 0.1) is 12.6 Å². The molecule has 0 radical (unpaired) electrons. The summed E-state index contributed by atoms with van der Waals surface area (Å²) in [4.78, 5) is 11.9. The molecule has 1 fully saturated rings. The summed E-state index contributed by atoms with van der Waals surface area (Å²) in [6.07, 6.45) is 1.12. The molecule has 5 heteroatoms. The second-order valence-corrected chi connectivity index (χ2v) is 5.30. The van der Waals surface area contributed by atoms with Crippen LogP contribution in [-0.4, -0.2) is 31.2 Å². The number of anilines is 1. The molecule has 1 heterocycles. The zero-order chi connectivity index (χ0) is 13.8. The molecule has 19 heavy (non-hydrogen) atoms. The van der Waals surface area contributed by atoms with E-state index in [9.17, 15) is 4.79 Å². The average Bonchev–Trinajstić information content (AvgIpc) is 2.77. The highest BCUT2D eigenvalue weighted by atomic mass is 35.5. The first-order valence-electron chi connectivity index (χ1n) is 6.47. The summed E-state index contributed by atoms with van der Waals surface area (Å²) >= 11 is 5.92. The van der Waals surface area contributed by atoms with Gasteiger partial charge in [-0.3, -0.25) is 4.79 Å². The highest BCUT2D eigenvalue weighted by molar-refractivity contribution is 6.31. The van der Waals surface area contributed by atoms with Crippen molar-refractivity contribution >= 4 is 23.2 Å². The van der Waals surface area contributed by atoms with Gasteiger partial charge in [0.2, 0.25) is 5.91 Å². The Morgan fingerprint density at radius 2 is 2.32 bits per heavy atom. The summed E-state index contributed by atoms with van der Waals surface area (Å²) in [6.45, 7) is 4.99. The van der Waals surface area contributed by atoms with Gasteiger partial charge in [0.25, 0.3) is 0 Å². The lowest BCUT2D eigenvalue weighted by Gasteiger charge is -2.16. The fourth-order valence-electron chi connectivity index (χ4n) is 2.15. The van der Waals surface area contributed by atoms with Crippen LogP contribution in [-0.2, 0) is 9.53 Å². The van der Waals surface area contributed by atoms with Gasteiger partial charge in [-0.2, -0.15) is 0 Å². The first-order chi connectivity index (χ1) is 9.06. The molecule has 0 aliphatic carbocycles. The molecular weight excluding hydrogens is 264 g/mol. The predicted octanol–water partition coefficient (Wildman–Crippen LogP) is 2.35. The Morgan fingerprint density at radius 3 is 3.00 bits per heavy atom. The number of ether oxygens (including phenoxy) is 1. The smallest absolute Gasteiger partial charge is 0.238 e. The van der Waals surface area contributed by atoms with Gasteiger partial charge in [-0.25, -0.2) is 0 Å². The van der Waals surface area contributed by atoms with Crippen molar-refractivity contribution < 1.29 is 9.53 Å². The minimum absolute atomic E-state index is 0.0653. The Labute approximate surface area is 118 Å². The molecule has 104 valence electrons. The summed E-state index contributed by atoms with van der Waals surface area (Å²) in [5.41, 5.74) is 1.75. The van der Waals surface area contributed by atoms with Crippen LogP contribution >= 0.6 is 11.6 Å². The van der Waals surface area contributed by atoms with Crippen LogP contribution in [0.1, 0.15) is 18.9 Å². The minimum Gasteiger partial charge on any atom is -0.377 e. The summed E-state index contributed by atoms with van der Waals surface area (Å²) in [7, 11) is 0. The number of carbonyl (C=O) groups is 1. The normalized spacial score (nSPS) is 22.5. The van der Waals surface area contributed by atoms with E-state index < -0.39 is 0 Å². The maximum absolute atomic E-state index is 11.9. The fourth-order valence-corrected chi connectivity index (χ4v) is 2.32. The highest BCUT2D eigenvalue weighted by Gasteiger charge is 2.24. The Morgan fingerprint density at radius 1 is 1.53 bits per heavy atom. The molecule has 1 aromatic carbocycles. The molecule has 1 aliphatic heterocycles. The summed E-state index contributed by atoms with van der Waals surface area (Å²) in [5, 5.41) is 6.70. The molecular formula is C14H19ClN2O2. The highest BCUT2D eigenvalue weighted by Crippen LogP contribution is 2.20. The number of rotatable bonds is 4. The number of nitrogens with one attached hydrogen (secondary N) is 2. The molecule has 0 saturated carbocycles. The Hall–Kier alpha value is -1.10. The van der Waals surface area contributed by atoms with Crippen molar-refractivity contribution in [2.75, 3.05) is 18.5 Å². The first kappa shape index (κ1) is 14.3. The molecule has 2 unspecified atom stereocenters. The molecule has 1 aromatic rings. The molecule has 0 aromatic heterocycles. The second kappa shape index (κ2) is 6.37. The second-order valence-electron chi connectivity index (χ2n) is 4.86. The molecule has 1 amide bonds. The SMILES string of the molecule is Cc1ccc(Cl)cc1NC(=O)CNC1CCOC1C. The van der Waals surface area contributed by atoms with Crippen LogP contribution in [0.15, 0.2) is 18.2 Å². The van der Waals surface area contributed by atoms with Crippen LogP contribution in [0.4, 0.5) is 5.69 Å². The van der Waals surface area contributed by atoms with Crippen molar-refractivity contribution in [1.29, 1.82) is 0 Å². The largest absolute Gasteiger partial charge is 0.377 e. The summed E-state index contributed by atoms with van der Waals surface area (Å²) < 4.78 is 5.44. The van der Waals surface area contributed by atoms with Crippen molar-refractivity contribution in [2.24, 2.45) is 0 Å². The van der Waals surface area contributed by atoms with Gasteiger partial charge in [0, 0.05) is 23.4 Å². The maximum atomic E-state index is 11.9.